The molecule has 0 amide bonds. The Bertz CT molecular complexity index is 23.0. The molecule has 0 bridgehead atoms. The maximum Gasteiger partial charge on any atom is 0.0563 e. The van der Waals surface area contributed by atoms with Crippen molar-refractivity contribution in [2.24, 2.45) is 0 Å². The molecule has 40 valence electrons. The van der Waals surface area contributed by atoms with Gasteiger partial charge < -0.3 is 5.11 Å². The van der Waals surface area contributed by atoms with Crippen molar-refractivity contribution in [3.05, 3.63) is 0 Å². The fraction of sp³-hybridized carbons (Fsp3) is 1.00. The minimum absolute atomic E-state index is 0. The lowest BCUT2D eigenvalue weighted by molar-refractivity contribution is 0.102. The lowest BCUT2D eigenvalue weighted by Gasteiger charge is -2.04. The van der Waals surface area contributed by atoms with Crippen molar-refractivity contribution in [2.75, 3.05) is 0 Å². The first-order valence-electron chi connectivity index (χ1n) is 1.72. The summed E-state index contributed by atoms with van der Waals surface area (Å²) >= 11 is 0. The van der Waals surface area contributed by atoms with Crippen LogP contribution in [0.4, 0.5) is 0 Å². The predicted molar refractivity (Wildman–Crippen MR) is 33.1 cm³/mol. The lowest BCUT2D eigenvalue weighted by Crippen LogP contribution is -2.10. The average Bonchev–Trinajstić information content (AvgIpc) is 0.722. The second-order valence-electron chi connectivity index (χ2n) is 2.17. The molecule has 6 heavy (non-hydrogen) atoms. The summed E-state index contributed by atoms with van der Waals surface area (Å²) in [6, 6.07) is 0. The lowest BCUT2D eigenvalue weighted by atomic mass is 10.2. The first kappa shape index (κ1) is 9.63. The van der Waals surface area contributed by atoms with Crippen LogP contribution in [0.1, 0.15) is 20.8 Å². The van der Waals surface area contributed by atoms with Crippen molar-refractivity contribution in [2.45, 2.75) is 26.4 Å². The van der Waals surface area contributed by atoms with Gasteiger partial charge in [0, 0.05) is 0 Å². The van der Waals surface area contributed by atoms with Crippen LogP contribution < -0.4 is 0 Å². The zero-order chi connectivity index (χ0) is 4.50. The largest absolute Gasteiger partial charge is 0.391 e. The molecule has 0 aromatic heterocycles. The number of hydrogen-bond acceptors (Lipinski definition) is 1. The maximum absolute atomic E-state index is 8.52. The Balaban J connectivity index is 0. The van der Waals surface area contributed by atoms with Gasteiger partial charge in [-0.1, -0.05) is 0 Å². The SMILES string of the molecule is CC(C)(C)O.P. The highest BCUT2D eigenvalue weighted by atomic mass is 31.0. The van der Waals surface area contributed by atoms with Gasteiger partial charge in [0.15, 0.2) is 0 Å². The highest BCUT2D eigenvalue weighted by Crippen LogP contribution is 1.93. The molecule has 1 nitrogen and oxygen atoms in total. The van der Waals surface area contributed by atoms with E-state index in [4.69, 9.17) is 5.11 Å². The van der Waals surface area contributed by atoms with E-state index in [1.54, 1.807) is 20.8 Å². The molecule has 2 heteroatoms. The highest BCUT2D eigenvalue weighted by molar-refractivity contribution is 6.92. The van der Waals surface area contributed by atoms with Gasteiger partial charge in [-0.3, -0.25) is 0 Å². The van der Waals surface area contributed by atoms with Gasteiger partial charge in [-0.25, -0.2) is 0 Å². The normalized spacial score (nSPS) is 10.0. The Hall–Kier alpha value is 0.390. The molecule has 0 aliphatic heterocycles. The Labute approximate surface area is 42.4 Å². The van der Waals surface area contributed by atoms with Crippen LogP contribution in [0.5, 0.6) is 0 Å². The van der Waals surface area contributed by atoms with Gasteiger partial charge in [-0.15, -0.1) is 0 Å². The van der Waals surface area contributed by atoms with E-state index >= 15 is 0 Å². The summed E-state index contributed by atoms with van der Waals surface area (Å²) in [5.74, 6) is 0. The van der Waals surface area contributed by atoms with E-state index in [9.17, 15) is 0 Å². The number of hydrogen-bond donors (Lipinski definition) is 1. The second-order valence-corrected chi connectivity index (χ2v) is 2.17. The van der Waals surface area contributed by atoms with Crippen LogP contribution in [-0.2, 0) is 0 Å². The fourth-order valence-corrected chi connectivity index (χ4v) is 0. The number of rotatable bonds is 0. The topological polar surface area (TPSA) is 20.2 Å². The predicted octanol–water partition coefficient (Wildman–Crippen LogP) is 0.835. The van der Waals surface area contributed by atoms with E-state index in [0.29, 0.717) is 0 Å². The maximum atomic E-state index is 8.52. The van der Waals surface area contributed by atoms with Gasteiger partial charge in [-0.05, 0) is 20.8 Å². The summed E-state index contributed by atoms with van der Waals surface area (Å²) in [5.41, 5.74) is -0.500. The van der Waals surface area contributed by atoms with E-state index in [0.717, 1.165) is 0 Å². The fourth-order valence-electron chi connectivity index (χ4n) is 0. The molecule has 1 unspecified atom stereocenters. The molecule has 0 saturated heterocycles. The third kappa shape index (κ3) is 332. The standard InChI is InChI=1S/C4H10O.H3P/c1-4(2,3)5;/h5H,1-3H3;1H3. The van der Waals surface area contributed by atoms with Gasteiger partial charge >= 0.3 is 0 Å². The summed E-state index contributed by atoms with van der Waals surface area (Å²) in [5, 5.41) is 8.52. The Kier molecular flexibility index (Phi) is 4.08. The zero-order valence-electron chi connectivity index (χ0n) is 4.65. The summed E-state index contributed by atoms with van der Waals surface area (Å²) in [6.45, 7) is 5.23. The van der Waals surface area contributed by atoms with Gasteiger partial charge in [0.25, 0.3) is 0 Å². The molecule has 0 aromatic carbocycles. The first-order chi connectivity index (χ1) is 2.00. The zero-order valence-corrected chi connectivity index (χ0v) is 6.07. The molecule has 0 heterocycles. The molecule has 0 aliphatic carbocycles. The average molecular weight is 108 g/mol. The van der Waals surface area contributed by atoms with E-state index in [1.807, 2.05) is 0 Å². The van der Waals surface area contributed by atoms with Crippen molar-refractivity contribution in [1.29, 1.82) is 0 Å². The summed E-state index contributed by atoms with van der Waals surface area (Å²) < 4.78 is 0. The van der Waals surface area contributed by atoms with Crippen LogP contribution in [-0.4, -0.2) is 10.7 Å². The van der Waals surface area contributed by atoms with Crippen LogP contribution in [0, 0.1) is 0 Å². The third-order valence-electron chi connectivity index (χ3n) is 0. The number of aliphatic hydroxyl groups is 1. The third-order valence-corrected chi connectivity index (χ3v) is 0. The highest BCUT2D eigenvalue weighted by Gasteiger charge is 1.97. The van der Waals surface area contributed by atoms with Gasteiger partial charge in [0.1, 0.15) is 0 Å². The second kappa shape index (κ2) is 2.54. The molecule has 1 atom stereocenters. The molecule has 0 saturated carbocycles. The molecular weight excluding hydrogens is 95.0 g/mol. The van der Waals surface area contributed by atoms with Crippen LogP contribution in [0.3, 0.4) is 0 Å². The molecule has 0 fully saturated rings. The minimum atomic E-state index is -0.500. The van der Waals surface area contributed by atoms with E-state index in [1.165, 1.54) is 0 Å². The monoisotopic (exact) mass is 108 g/mol. The van der Waals surface area contributed by atoms with Crippen molar-refractivity contribution in [1.82, 2.24) is 0 Å². The Morgan fingerprint density at radius 2 is 1.17 bits per heavy atom. The van der Waals surface area contributed by atoms with E-state index in [-0.39, 0.29) is 9.90 Å². The van der Waals surface area contributed by atoms with E-state index in [2.05, 4.69) is 0 Å². The van der Waals surface area contributed by atoms with Crippen molar-refractivity contribution in [3.8, 4) is 0 Å². The molecule has 0 aromatic rings. The van der Waals surface area contributed by atoms with Crippen LogP contribution >= 0.6 is 9.90 Å². The van der Waals surface area contributed by atoms with Crippen molar-refractivity contribution in [3.63, 3.8) is 0 Å². The first-order valence-corrected chi connectivity index (χ1v) is 1.72. The Morgan fingerprint density at radius 3 is 1.17 bits per heavy atom. The molecule has 0 aliphatic rings. The van der Waals surface area contributed by atoms with Crippen molar-refractivity contribution < 1.29 is 5.11 Å². The molecule has 0 spiro atoms. The molecule has 1 N–H and O–H groups in total. The molecule has 0 radical (unpaired) electrons. The van der Waals surface area contributed by atoms with Crippen LogP contribution in [0.15, 0.2) is 0 Å². The summed E-state index contributed by atoms with van der Waals surface area (Å²) in [7, 11) is 0. The molecular formula is C4H13OP. The smallest absolute Gasteiger partial charge is 0.0563 e. The van der Waals surface area contributed by atoms with Crippen molar-refractivity contribution >= 4 is 9.90 Å². The van der Waals surface area contributed by atoms with Gasteiger partial charge in [-0.2, -0.15) is 9.90 Å². The summed E-state index contributed by atoms with van der Waals surface area (Å²) in [4.78, 5) is 0. The van der Waals surface area contributed by atoms with Crippen LogP contribution in [0.25, 0.3) is 0 Å². The quantitative estimate of drug-likeness (QED) is 0.456. The van der Waals surface area contributed by atoms with Gasteiger partial charge in [0.2, 0.25) is 0 Å². The Morgan fingerprint density at radius 1 is 1.17 bits per heavy atom. The molecule has 0 rings (SSSR count). The van der Waals surface area contributed by atoms with E-state index < -0.39 is 5.60 Å². The summed E-state index contributed by atoms with van der Waals surface area (Å²) in [6.07, 6.45) is 0. The minimum Gasteiger partial charge on any atom is -0.391 e. The van der Waals surface area contributed by atoms with Crippen LogP contribution in [0.2, 0.25) is 0 Å². The van der Waals surface area contributed by atoms with Gasteiger partial charge in [0.05, 0.1) is 5.60 Å².